The van der Waals surface area contributed by atoms with Gasteiger partial charge in [0.2, 0.25) is 0 Å². The fourth-order valence-corrected chi connectivity index (χ4v) is 1.68. The highest BCUT2D eigenvalue weighted by Crippen LogP contribution is 2.28. The minimum absolute atomic E-state index is 0.693. The van der Waals surface area contributed by atoms with Gasteiger partial charge in [0.1, 0.15) is 0 Å². The number of rotatable bonds is 1. The van der Waals surface area contributed by atoms with Gasteiger partial charge in [-0.2, -0.15) is 0 Å². The molecular formula is C12H7Cl2. The lowest BCUT2D eigenvalue weighted by Gasteiger charge is -2.03. The summed E-state index contributed by atoms with van der Waals surface area (Å²) in [5.74, 6) is 0. The van der Waals surface area contributed by atoms with Crippen LogP contribution in [0.25, 0.3) is 11.1 Å². The van der Waals surface area contributed by atoms with E-state index < -0.39 is 0 Å². The van der Waals surface area contributed by atoms with E-state index in [4.69, 9.17) is 23.2 Å². The molecule has 0 unspecified atom stereocenters. The Morgan fingerprint density at radius 1 is 1.00 bits per heavy atom. The first-order chi connectivity index (χ1) is 6.77. The summed E-state index contributed by atoms with van der Waals surface area (Å²) in [6, 6.07) is 16.2. The Morgan fingerprint density at radius 2 is 1.79 bits per heavy atom. The van der Waals surface area contributed by atoms with Gasteiger partial charge in [-0.3, -0.25) is 0 Å². The molecule has 0 fully saturated rings. The van der Waals surface area contributed by atoms with Crippen LogP contribution in [0.1, 0.15) is 0 Å². The SMILES string of the molecule is Clc1cc[c]c(-c2ccccc2Cl)c1. The van der Waals surface area contributed by atoms with Crippen molar-refractivity contribution in [2.75, 3.05) is 0 Å². The molecule has 2 rings (SSSR count). The van der Waals surface area contributed by atoms with Gasteiger partial charge < -0.3 is 0 Å². The Balaban J connectivity index is 2.55. The van der Waals surface area contributed by atoms with Crippen molar-refractivity contribution >= 4 is 23.2 Å². The van der Waals surface area contributed by atoms with Gasteiger partial charge in [-0.05, 0) is 29.8 Å². The van der Waals surface area contributed by atoms with Gasteiger partial charge in [0.25, 0.3) is 0 Å². The van der Waals surface area contributed by atoms with Crippen LogP contribution in [-0.2, 0) is 0 Å². The van der Waals surface area contributed by atoms with Crippen LogP contribution < -0.4 is 0 Å². The van der Waals surface area contributed by atoms with E-state index in [2.05, 4.69) is 6.07 Å². The lowest BCUT2D eigenvalue weighted by atomic mass is 10.1. The van der Waals surface area contributed by atoms with E-state index in [9.17, 15) is 0 Å². The fourth-order valence-electron chi connectivity index (χ4n) is 1.27. The molecule has 0 N–H and O–H groups in total. The van der Waals surface area contributed by atoms with Crippen molar-refractivity contribution in [1.29, 1.82) is 0 Å². The van der Waals surface area contributed by atoms with Crippen molar-refractivity contribution in [3.05, 3.63) is 58.6 Å². The molecule has 0 aliphatic rings. The summed E-state index contributed by atoms with van der Waals surface area (Å²) < 4.78 is 0. The van der Waals surface area contributed by atoms with E-state index in [0.29, 0.717) is 10.0 Å². The smallest absolute Gasteiger partial charge is 0.0484 e. The van der Waals surface area contributed by atoms with Gasteiger partial charge in [0.05, 0.1) is 0 Å². The second-order valence-corrected chi connectivity index (χ2v) is 3.74. The van der Waals surface area contributed by atoms with Crippen molar-refractivity contribution in [1.82, 2.24) is 0 Å². The van der Waals surface area contributed by atoms with E-state index in [1.807, 2.05) is 30.3 Å². The number of hydrogen-bond acceptors (Lipinski definition) is 0. The molecule has 0 atom stereocenters. The minimum Gasteiger partial charge on any atom is -0.0843 e. The second kappa shape index (κ2) is 4.04. The van der Waals surface area contributed by atoms with Crippen molar-refractivity contribution in [2.24, 2.45) is 0 Å². The summed E-state index contributed by atoms with van der Waals surface area (Å²) in [5.41, 5.74) is 1.87. The molecule has 2 heteroatoms. The molecule has 2 aromatic rings. The molecule has 0 nitrogen and oxygen atoms in total. The second-order valence-electron chi connectivity index (χ2n) is 2.90. The lowest BCUT2D eigenvalue weighted by Crippen LogP contribution is -1.78. The van der Waals surface area contributed by atoms with E-state index in [1.54, 1.807) is 12.1 Å². The van der Waals surface area contributed by atoms with Crippen LogP contribution >= 0.6 is 23.2 Å². The highest BCUT2D eigenvalue weighted by molar-refractivity contribution is 6.33. The maximum atomic E-state index is 6.05. The van der Waals surface area contributed by atoms with Gasteiger partial charge in [-0.15, -0.1) is 0 Å². The number of hydrogen-bond donors (Lipinski definition) is 0. The third-order valence-corrected chi connectivity index (χ3v) is 2.49. The summed E-state index contributed by atoms with van der Waals surface area (Å²) in [6.45, 7) is 0. The minimum atomic E-state index is 0.693. The van der Waals surface area contributed by atoms with E-state index >= 15 is 0 Å². The predicted octanol–water partition coefficient (Wildman–Crippen LogP) is 4.46. The molecule has 1 radical (unpaired) electrons. The zero-order chi connectivity index (χ0) is 9.97. The Morgan fingerprint density at radius 3 is 2.50 bits per heavy atom. The van der Waals surface area contributed by atoms with Crippen LogP contribution in [0.4, 0.5) is 0 Å². The van der Waals surface area contributed by atoms with Gasteiger partial charge in [0.15, 0.2) is 0 Å². The quantitative estimate of drug-likeness (QED) is 0.668. The Labute approximate surface area is 93.1 Å². The Bertz CT molecular complexity index is 450. The lowest BCUT2D eigenvalue weighted by molar-refractivity contribution is 1.61. The average molecular weight is 222 g/mol. The van der Waals surface area contributed by atoms with Crippen LogP contribution in [-0.4, -0.2) is 0 Å². The van der Waals surface area contributed by atoms with Crippen molar-refractivity contribution in [3.63, 3.8) is 0 Å². The van der Waals surface area contributed by atoms with Crippen molar-refractivity contribution in [2.45, 2.75) is 0 Å². The van der Waals surface area contributed by atoms with Gasteiger partial charge in [-0.25, -0.2) is 0 Å². The largest absolute Gasteiger partial charge is 0.0843 e. The van der Waals surface area contributed by atoms with Crippen molar-refractivity contribution in [3.8, 4) is 11.1 Å². The third kappa shape index (κ3) is 1.92. The third-order valence-electron chi connectivity index (χ3n) is 1.93. The molecule has 2 aromatic carbocycles. The molecular weight excluding hydrogens is 215 g/mol. The number of benzene rings is 2. The molecule has 0 heterocycles. The Hall–Kier alpha value is -0.980. The van der Waals surface area contributed by atoms with Crippen LogP contribution in [0.15, 0.2) is 42.5 Å². The maximum absolute atomic E-state index is 6.05. The van der Waals surface area contributed by atoms with E-state index in [-0.39, 0.29) is 0 Å². The molecule has 69 valence electrons. The summed E-state index contributed by atoms with van der Waals surface area (Å²) in [5, 5.41) is 1.41. The van der Waals surface area contributed by atoms with Gasteiger partial charge in [-0.1, -0.05) is 47.5 Å². The van der Waals surface area contributed by atoms with Crippen molar-refractivity contribution < 1.29 is 0 Å². The first-order valence-electron chi connectivity index (χ1n) is 4.19. The first kappa shape index (κ1) is 9.57. The molecule has 0 saturated heterocycles. The normalized spacial score (nSPS) is 10.1. The summed E-state index contributed by atoms with van der Waals surface area (Å²) in [4.78, 5) is 0. The van der Waals surface area contributed by atoms with Crippen LogP contribution in [0.2, 0.25) is 10.0 Å². The zero-order valence-corrected chi connectivity index (χ0v) is 8.81. The fraction of sp³-hybridized carbons (Fsp3) is 0. The molecule has 0 aromatic heterocycles. The molecule has 14 heavy (non-hydrogen) atoms. The summed E-state index contributed by atoms with van der Waals surface area (Å²) in [7, 11) is 0. The van der Waals surface area contributed by atoms with Gasteiger partial charge >= 0.3 is 0 Å². The van der Waals surface area contributed by atoms with E-state index in [1.165, 1.54) is 0 Å². The molecule has 0 aliphatic carbocycles. The van der Waals surface area contributed by atoms with E-state index in [0.717, 1.165) is 11.1 Å². The highest BCUT2D eigenvalue weighted by Gasteiger charge is 2.02. The topological polar surface area (TPSA) is 0 Å². The first-order valence-corrected chi connectivity index (χ1v) is 4.95. The van der Waals surface area contributed by atoms with Gasteiger partial charge in [0, 0.05) is 15.6 Å². The molecule has 0 bridgehead atoms. The highest BCUT2D eigenvalue weighted by atomic mass is 35.5. The molecule has 0 amide bonds. The monoisotopic (exact) mass is 221 g/mol. The molecule has 0 spiro atoms. The van der Waals surface area contributed by atoms with Crippen LogP contribution in [0, 0.1) is 6.07 Å². The van der Waals surface area contributed by atoms with Crippen LogP contribution in [0.5, 0.6) is 0 Å². The Kier molecular flexibility index (Phi) is 2.76. The number of halogens is 2. The van der Waals surface area contributed by atoms with Crippen LogP contribution in [0.3, 0.4) is 0 Å². The molecule has 0 saturated carbocycles. The zero-order valence-electron chi connectivity index (χ0n) is 7.30. The maximum Gasteiger partial charge on any atom is 0.0484 e. The average Bonchev–Trinajstić information content (AvgIpc) is 2.18. The predicted molar refractivity (Wildman–Crippen MR) is 60.7 cm³/mol. The summed E-state index contributed by atoms with van der Waals surface area (Å²) in [6.07, 6.45) is 0. The summed E-state index contributed by atoms with van der Waals surface area (Å²) >= 11 is 11.9. The standard InChI is InChI=1S/C12H7Cl2/c13-10-5-3-4-9(8-10)11-6-1-2-7-12(11)14/h1-3,5-8H. The molecule has 0 aliphatic heterocycles.